The highest BCUT2D eigenvalue weighted by atomic mass is 35.5. The van der Waals surface area contributed by atoms with E-state index in [1.807, 2.05) is 24.7 Å². The van der Waals surface area contributed by atoms with Crippen molar-refractivity contribution >= 4 is 17.5 Å². The maximum absolute atomic E-state index is 11.5. The third kappa shape index (κ3) is 6.17. The molecule has 3 aromatic rings. The largest absolute Gasteiger partial charge is 0.369 e. The first-order chi connectivity index (χ1) is 17.5. The molecule has 0 radical (unpaired) electrons. The van der Waals surface area contributed by atoms with Crippen LogP contribution in [0, 0.1) is 11.8 Å². The number of primary amides is 1. The van der Waals surface area contributed by atoms with Crippen LogP contribution in [0.4, 0.5) is 0 Å². The Labute approximate surface area is 218 Å². The molecule has 5 rings (SSSR count). The van der Waals surface area contributed by atoms with Crippen molar-refractivity contribution in [2.45, 2.75) is 64.3 Å². The van der Waals surface area contributed by atoms with E-state index >= 15 is 0 Å². The van der Waals surface area contributed by atoms with Crippen molar-refractivity contribution in [3.8, 4) is 0 Å². The number of amides is 1. The summed E-state index contributed by atoms with van der Waals surface area (Å²) in [7, 11) is 0. The van der Waals surface area contributed by atoms with E-state index in [1.165, 1.54) is 22.4 Å². The molecule has 2 aromatic carbocycles. The van der Waals surface area contributed by atoms with Crippen molar-refractivity contribution < 1.29 is 4.79 Å². The lowest BCUT2D eigenvalue weighted by Crippen LogP contribution is -2.40. The Bertz CT molecular complexity index is 1170. The molecule has 1 aromatic heterocycles. The molecule has 1 unspecified atom stereocenters. The second-order valence-electron chi connectivity index (χ2n) is 10.5. The van der Waals surface area contributed by atoms with E-state index < -0.39 is 0 Å². The van der Waals surface area contributed by atoms with Crippen molar-refractivity contribution in [1.82, 2.24) is 19.8 Å². The lowest BCUT2D eigenvalue weighted by Gasteiger charge is -2.28. The van der Waals surface area contributed by atoms with Crippen molar-refractivity contribution in [2.24, 2.45) is 17.6 Å². The van der Waals surface area contributed by atoms with Crippen LogP contribution in [0.5, 0.6) is 0 Å². The number of hydrogen-bond acceptors (Lipinski definition) is 4. The summed E-state index contributed by atoms with van der Waals surface area (Å²) in [6.45, 7) is 4.44. The van der Waals surface area contributed by atoms with E-state index in [1.54, 1.807) is 0 Å². The highest BCUT2D eigenvalue weighted by molar-refractivity contribution is 6.31. The smallest absolute Gasteiger partial charge is 0.220 e. The lowest BCUT2D eigenvalue weighted by molar-refractivity contribution is -0.123. The topological polar surface area (TPSA) is 76.2 Å². The fraction of sp³-hybridized carbons (Fsp3) is 0.448. The Hall–Kier alpha value is -2.67. The van der Waals surface area contributed by atoms with Crippen LogP contribution < -0.4 is 11.1 Å². The molecule has 7 heteroatoms. The minimum atomic E-state index is -0.144. The van der Waals surface area contributed by atoms with Crippen LogP contribution >= 0.6 is 11.6 Å². The van der Waals surface area contributed by atoms with Crippen LogP contribution in [0.1, 0.15) is 48.1 Å². The fourth-order valence-corrected chi connectivity index (χ4v) is 5.99. The van der Waals surface area contributed by atoms with Gasteiger partial charge in [0.1, 0.15) is 0 Å². The van der Waals surface area contributed by atoms with E-state index in [0.717, 1.165) is 69.9 Å². The highest BCUT2D eigenvalue weighted by Gasteiger charge is 2.26. The molecule has 1 atom stereocenters. The molecule has 1 amide bonds. The van der Waals surface area contributed by atoms with Crippen molar-refractivity contribution in [3.05, 3.63) is 88.5 Å². The average molecular weight is 506 g/mol. The molecule has 1 aliphatic carbocycles. The minimum Gasteiger partial charge on any atom is -0.369 e. The molecule has 1 fully saturated rings. The second kappa shape index (κ2) is 11.6. The fourth-order valence-electron chi connectivity index (χ4n) is 5.80. The monoisotopic (exact) mass is 505 g/mol. The van der Waals surface area contributed by atoms with Gasteiger partial charge in [0.15, 0.2) is 0 Å². The first-order valence-electron chi connectivity index (χ1n) is 13.1. The maximum Gasteiger partial charge on any atom is 0.220 e. The van der Waals surface area contributed by atoms with E-state index in [2.05, 4.69) is 56.2 Å². The zero-order valence-corrected chi connectivity index (χ0v) is 21.5. The molecule has 190 valence electrons. The zero-order valence-electron chi connectivity index (χ0n) is 20.8. The zero-order chi connectivity index (χ0) is 24.9. The van der Waals surface area contributed by atoms with Gasteiger partial charge in [-0.05, 0) is 60.8 Å². The molecule has 0 spiro atoms. The average Bonchev–Trinajstić information content (AvgIpc) is 3.23. The quantitative estimate of drug-likeness (QED) is 0.471. The Morgan fingerprint density at radius 1 is 1.06 bits per heavy atom. The van der Waals surface area contributed by atoms with Crippen molar-refractivity contribution in [1.29, 1.82) is 0 Å². The molecule has 0 bridgehead atoms. The van der Waals surface area contributed by atoms with Crippen LogP contribution in [0.15, 0.2) is 61.1 Å². The molecule has 2 aliphatic rings. The number of nitrogens with zero attached hydrogens (tertiary/aromatic N) is 3. The Kier molecular flexibility index (Phi) is 8.05. The predicted octanol–water partition coefficient (Wildman–Crippen LogP) is 4.54. The number of halogens is 1. The normalized spacial score (nSPS) is 22.6. The number of aromatic nitrogens is 2. The van der Waals surface area contributed by atoms with Gasteiger partial charge in [-0.2, -0.15) is 0 Å². The molecule has 2 heterocycles. The summed E-state index contributed by atoms with van der Waals surface area (Å²) in [4.78, 5) is 18.5. The summed E-state index contributed by atoms with van der Waals surface area (Å²) < 4.78 is 2.29. The SMILES string of the molecule is NC(=O)C1CCC(Cn2cncc2CNC2Cc3ccccc3CN(Cc3ccccc3Cl)C2)CC1. The summed E-state index contributed by atoms with van der Waals surface area (Å²) in [5.74, 6) is 0.482. The summed E-state index contributed by atoms with van der Waals surface area (Å²) in [5, 5.41) is 4.67. The van der Waals surface area contributed by atoms with Gasteiger partial charge >= 0.3 is 0 Å². The molecule has 3 N–H and O–H groups in total. The van der Waals surface area contributed by atoms with Crippen molar-refractivity contribution in [2.75, 3.05) is 6.54 Å². The third-order valence-corrected chi connectivity index (χ3v) is 8.25. The molecule has 6 nitrogen and oxygen atoms in total. The van der Waals surface area contributed by atoms with Crippen LogP contribution in [0.25, 0.3) is 0 Å². The van der Waals surface area contributed by atoms with Crippen molar-refractivity contribution in [3.63, 3.8) is 0 Å². The number of hydrogen-bond donors (Lipinski definition) is 2. The van der Waals surface area contributed by atoms with Gasteiger partial charge < -0.3 is 15.6 Å². The molecule has 36 heavy (non-hydrogen) atoms. The number of fused-ring (bicyclic) bond motifs is 1. The number of nitrogens with one attached hydrogen (secondary N) is 1. The standard InChI is InChI=1S/C29H36ClN5O/c30-28-8-4-3-7-25(28)18-34-17-24-6-2-1-5-23(24)13-26(19-34)33-15-27-14-32-20-35(27)16-21-9-11-22(12-10-21)29(31)36/h1-8,14,20-22,26,33H,9-13,15-19H2,(H2,31,36). The number of carbonyl (C=O) groups is 1. The molecular weight excluding hydrogens is 470 g/mol. The summed E-state index contributed by atoms with van der Waals surface area (Å²) in [6.07, 6.45) is 8.85. The van der Waals surface area contributed by atoms with Gasteiger partial charge in [0.2, 0.25) is 5.91 Å². The lowest BCUT2D eigenvalue weighted by atomic mass is 9.81. The van der Waals surface area contributed by atoms with Gasteiger partial charge in [-0.15, -0.1) is 0 Å². The van der Waals surface area contributed by atoms with Crippen LogP contribution in [0.2, 0.25) is 5.02 Å². The Morgan fingerprint density at radius 2 is 1.81 bits per heavy atom. The number of carbonyl (C=O) groups excluding carboxylic acids is 1. The van der Waals surface area contributed by atoms with Gasteiger partial charge in [0.05, 0.1) is 12.0 Å². The maximum atomic E-state index is 11.5. The molecule has 1 aliphatic heterocycles. The molecule has 1 saturated carbocycles. The first-order valence-corrected chi connectivity index (χ1v) is 13.5. The van der Waals surface area contributed by atoms with Crippen LogP contribution in [0.3, 0.4) is 0 Å². The van der Waals surface area contributed by atoms with Gasteiger partial charge in [-0.25, -0.2) is 4.98 Å². The van der Waals surface area contributed by atoms with Gasteiger partial charge in [0.25, 0.3) is 0 Å². The molecular formula is C29H36ClN5O. The minimum absolute atomic E-state index is 0.0528. The highest BCUT2D eigenvalue weighted by Crippen LogP contribution is 2.30. The van der Waals surface area contributed by atoms with Gasteiger partial charge in [-0.3, -0.25) is 9.69 Å². The first kappa shape index (κ1) is 25.0. The van der Waals surface area contributed by atoms with E-state index in [4.69, 9.17) is 17.3 Å². The second-order valence-corrected chi connectivity index (χ2v) is 10.9. The third-order valence-electron chi connectivity index (χ3n) is 7.88. The van der Waals surface area contributed by atoms with E-state index in [9.17, 15) is 4.79 Å². The summed E-state index contributed by atoms with van der Waals surface area (Å²) in [6, 6.07) is 17.2. The summed E-state index contributed by atoms with van der Waals surface area (Å²) >= 11 is 6.50. The van der Waals surface area contributed by atoms with Gasteiger partial charge in [-0.1, -0.05) is 54.1 Å². The number of imidazole rings is 1. The number of rotatable bonds is 8. The predicted molar refractivity (Wildman–Crippen MR) is 143 cm³/mol. The molecule has 0 saturated heterocycles. The van der Waals surface area contributed by atoms with E-state index in [0.29, 0.717) is 12.0 Å². The number of nitrogens with two attached hydrogens (primary N) is 1. The van der Waals surface area contributed by atoms with Crippen LogP contribution in [-0.4, -0.2) is 32.9 Å². The number of benzene rings is 2. The Balaban J connectivity index is 1.23. The van der Waals surface area contributed by atoms with Crippen LogP contribution in [-0.2, 0) is 37.4 Å². The Morgan fingerprint density at radius 3 is 2.58 bits per heavy atom. The summed E-state index contributed by atoms with van der Waals surface area (Å²) in [5.41, 5.74) is 10.7. The van der Waals surface area contributed by atoms with Gasteiger partial charge in [0, 0.05) is 55.9 Å². The van der Waals surface area contributed by atoms with E-state index in [-0.39, 0.29) is 11.8 Å².